The van der Waals surface area contributed by atoms with E-state index in [9.17, 15) is 4.79 Å². The molecule has 6 rings (SSSR count). The number of nitrogens with zero attached hydrogens (tertiary/aromatic N) is 7. The third-order valence-corrected chi connectivity index (χ3v) is 6.73. The lowest BCUT2D eigenvalue weighted by Gasteiger charge is -2.39. The second-order valence-electron chi connectivity index (χ2n) is 9.48. The van der Waals surface area contributed by atoms with Gasteiger partial charge in [-0.3, -0.25) is 4.79 Å². The number of fused-ring (bicyclic) bond motifs is 1. The summed E-state index contributed by atoms with van der Waals surface area (Å²) in [4.78, 5) is 30.3. The van der Waals surface area contributed by atoms with Crippen LogP contribution in [-0.2, 0) is 4.79 Å². The molecule has 1 aliphatic heterocycles. The number of halogens is 1. The van der Waals surface area contributed by atoms with Gasteiger partial charge in [0.05, 0.1) is 49.5 Å². The van der Waals surface area contributed by atoms with E-state index in [1.807, 2.05) is 6.07 Å². The molecule has 0 bridgehead atoms. The number of amides is 1. The Morgan fingerprint density at radius 2 is 1.86 bits per heavy atom. The summed E-state index contributed by atoms with van der Waals surface area (Å²) in [6.07, 6.45) is 7.48. The standard InChI is InChI=1S/C29H26FN9O4/c1-4-27(40)38-14-17(15-38)35-24-10-20-23(11-25(24)41-2)33-16-34-28(20)36-22-6-5-19(9-21(22)30)43-26-7-8-39(37-26)18-12-31-29(42-3)32-13-18/h4-13,16-17,35H,1,14-15H2,2-3H3,(H,33,34,36). The molecule has 2 N–H and O–H groups in total. The van der Waals surface area contributed by atoms with Crippen LogP contribution >= 0.6 is 0 Å². The number of nitrogens with one attached hydrogen (secondary N) is 2. The van der Waals surface area contributed by atoms with Crippen molar-refractivity contribution in [1.82, 2.24) is 34.6 Å². The molecule has 3 aromatic heterocycles. The molecule has 0 spiro atoms. The highest BCUT2D eigenvalue weighted by atomic mass is 19.1. The Bertz CT molecular complexity index is 1810. The minimum absolute atomic E-state index is 0.0391. The first kappa shape index (κ1) is 27.4. The van der Waals surface area contributed by atoms with Crippen molar-refractivity contribution in [1.29, 1.82) is 0 Å². The van der Waals surface area contributed by atoms with Gasteiger partial charge in [-0.25, -0.2) is 29.0 Å². The van der Waals surface area contributed by atoms with Crippen LogP contribution in [0.1, 0.15) is 0 Å². The Morgan fingerprint density at radius 3 is 2.58 bits per heavy atom. The zero-order chi connectivity index (χ0) is 29.9. The normalized spacial score (nSPS) is 12.9. The molecule has 1 fully saturated rings. The highest BCUT2D eigenvalue weighted by Gasteiger charge is 2.30. The summed E-state index contributed by atoms with van der Waals surface area (Å²) in [5, 5.41) is 11.4. The molecular weight excluding hydrogens is 557 g/mol. The van der Waals surface area contributed by atoms with Gasteiger partial charge in [-0.05, 0) is 24.3 Å². The zero-order valence-corrected chi connectivity index (χ0v) is 23.2. The molecule has 43 heavy (non-hydrogen) atoms. The first-order valence-corrected chi connectivity index (χ1v) is 13.1. The van der Waals surface area contributed by atoms with Gasteiger partial charge in [-0.1, -0.05) is 6.58 Å². The van der Waals surface area contributed by atoms with Gasteiger partial charge in [0.25, 0.3) is 0 Å². The summed E-state index contributed by atoms with van der Waals surface area (Å²) in [5.74, 6) is 0.837. The topological polar surface area (TPSA) is 141 Å². The van der Waals surface area contributed by atoms with E-state index < -0.39 is 5.82 Å². The lowest BCUT2D eigenvalue weighted by atomic mass is 10.1. The Hall–Kier alpha value is -5.79. The summed E-state index contributed by atoms with van der Waals surface area (Å²) in [6.45, 7) is 4.61. The Kier molecular flexibility index (Phi) is 7.39. The first-order valence-electron chi connectivity index (χ1n) is 13.1. The van der Waals surface area contributed by atoms with Crippen molar-refractivity contribution in [2.45, 2.75) is 6.04 Å². The quantitative estimate of drug-likeness (QED) is 0.230. The molecule has 0 atom stereocenters. The summed E-state index contributed by atoms with van der Waals surface area (Å²) in [6, 6.07) is 9.96. The van der Waals surface area contributed by atoms with Crippen LogP contribution in [0.15, 0.2) is 74.0 Å². The second-order valence-corrected chi connectivity index (χ2v) is 9.48. The minimum Gasteiger partial charge on any atom is -0.495 e. The van der Waals surface area contributed by atoms with E-state index in [1.165, 1.54) is 30.3 Å². The van der Waals surface area contributed by atoms with Crippen molar-refractivity contribution in [3.8, 4) is 29.1 Å². The summed E-state index contributed by atoms with van der Waals surface area (Å²) >= 11 is 0. The fourth-order valence-electron chi connectivity index (χ4n) is 4.51. The highest BCUT2D eigenvalue weighted by Crippen LogP contribution is 2.35. The molecule has 4 heterocycles. The summed E-state index contributed by atoms with van der Waals surface area (Å²) in [5.41, 5.74) is 2.10. The molecule has 14 heteroatoms. The Balaban J connectivity index is 1.18. The molecule has 1 amide bonds. The molecule has 1 aliphatic rings. The second kappa shape index (κ2) is 11.6. The van der Waals surface area contributed by atoms with Gasteiger partial charge < -0.3 is 29.7 Å². The number of hydrogen-bond acceptors (Lipinski definition) is 11. The number of rotatable bonds is 10. The van der Waals surface area contributed by atoms with E-state index in [4.69, 9.17) is 14.2 Å². The average molecular weight is 584 g/mol. The predicted octanol–water partition coefficient (Wildman–Crippen LogP) is 4.11. The molecule has 1 saturated heterocycles. The van der Waals surface area contributed by atoms with Gasteiger partial charge >= 0.3 is 6.01 Å². The lowest BCUT2D eigenvalue weighted by molar-refractivity contribution is -0.129. The largest absolute Gasteiger partial charge is 0.495 e. The van der Waals surface area contributed by atoms with E-state index in [1.54, 1.807) is 54.9 Å². The van der Waals surface area contributed by atoms with Crippen molar-refractivity contribution in [2.75, 3.05) is 37.9 Å². The van der Waals surface area contributed by atoms with Crippen LogP contribution in [0.3, 0.4) is 0 Å². The molecule has 5 aromatic rings. The van der Waals surface area contributed by atoms with E-state index in [0.717, 1.165) is 0 Å². The highest BCUT2D eigenvalue weighted by molar-refractivity contribution is 5.95. The SMILES string of the molecule is C=CC(=O)N1CC(Nc2cc3c(Nc4ccc(Oc5ccn(-c6cnc(OC)nc6)n5)cc4F)ncnc3cc2OC)C1. The molecule has 13 nitrogen and oxygen atoms in total. The fraction of sp³-hybridized carbons (Fsp3) is 0.172. The van der Waals surface area contributed by atoms with Crippen molar-refractivity contribution < 1.29 is 23.4 Å². The first-order chi connectivity index (χ1) is 20.9. The number of ether oxygens (including phenoxy) is 3. The van der Waals surface area contributed by atoms with Gasteiger partial charge in [0.1, 0.15) is 35.1 Å². The number of likely N-dealkylation sites (tertiary alicyclic amines) is 1. The molecule has 0 radical (unpaired) electrons. The van der Waals surface area contributed by atoms with Gasteiger partial charge in [0.2, 0.25) is 11.8 Å². The van der Waals surface area contributed by atoms with Crippen LogP contribution in [0, 0.1) is 5.82 Å². The van der Waals surface area contributed by atoms with Crippen LogP contribution in [0.4, 0.5) is 21.6 Å². The number of benzene rings is 2. The number of anilines is 3. The van der Waals surface area contributed by atoms with Crippen LogP contribution in [0.25, 0.3) is 16.6 Å². The van der Waals surface area contributed by atoms with E-state index in [-0.39, 0.29) is 35.3 Å². The fourth-order valence-corrected chi connectivity index (χ4v) is 4.51. The molecule has 0 saturated carbocycles. The molecule has 0 unspecified atom stereocenters. The van der Waals surface area contributed by atoms with Crippen LogP contribution in [0.2, 0.25) is 0 Å². The van der Waals surface area contributed by atoms with E-state index in [2.05, 4.69) is 42.2 Å². The maximum atomic E-state index is 15.2. The molecule has 0 aliphatic carbocycles. The van der Waals surface area contributed by atoms with Gasteiger partial charge in [-0.2, -0.15) is 0 Å². The maximum absolute atomic E-state index is 15.2. The molecular formula is C29H26FN9O4. The lowest BCUT2D eigenvalue weighted by Crippen LogP contribution is -2.56. The average Bonchev–Trinajstić information content (AvgIpc) is 3.48. The van der Waals surface area contributed by atoms with E-state index in [0.29, 0.717) is 46.9 Å². The number of aromatic nitrogens is 6. The van der Waals surface area contributed by atoms with Gasteiger partial charge in [0.15, 0.2) is 0 Å². The Labute approximate surface area is 245 Å². The van der Waals surface area contributed by atoms with Crippen molar-refractivity contribution in [3.63, 3.8) is 0 Å². The van der Waals surface area contributed by atoms with Crippen LogP contribution < -0.4 is 24.8 Å². The van der Waals surface area contributed by atoms with E-state index >= 15 is 4.39 Å². The number of methoxy groups -OCH3 is 2. The maximum Gasteiger partial charge on any atom is 0.316 e. The van der Waals surface area contributed by atoms with Crippen molar-refractivity contribution in [3.05, 3.63) is 79.8 Å². The van der Waals surface area contributed by atoms with Gasteiger partial charge in [0, 0.05) is 42.9 Å². The minimum atomic E-state index is -0.555. The summed E-state index contributed by atoms with van der Waals surface area (Å²) < 4.78 is 33.0. The summed E-state index contributed by atoms with van der Waals surface area (Å²) in [7, 11) is 3.05. The van der Waals surface area contributed by atoms with Crippen molar-refractivity contribution >= 4 is 34.0 Å². The third kappa shape index (κ3) is 5.70. The smallest absolute Gasteiger partial charge is 0.316 e. The van der Waals surface area contributed by atoms with Crippen LogP contribution in [-0.4, -0.2) is 73.9 Å². The number of carbonyl (C=O) groups is 1. The number of hydrogen-bond donors (Lipinski definition) is 2. The molecule has 218 valence electrons. The van der Waals surface area contributed by atoms with Crippen LogP contribution in [0.5, 0.6) is 23.4 Å². The monoisotopic (exact) mass is 583 g/mol. The van der Waals surface area contributed by atoms with Crippen molar-refractivity contribution in [2.24, 2.45) is 0 Å². The Morgan fingerprint density at radius 1 is 1.05 bits per heavy atom. The number of carbonyl (C=O) groups excluding carboxylic acids is 1. The molecule has 2 aromatic carbocycles. The predicted molar refractivity (Wildman–Crippen MR) is 156 cm³/mol. The third-order valence-electron chi connectivity index (χ3n) is 6.73. The zero-order valence-electron chi connectivity index (χ0n) is 23.2. The van der Waals surface area contributed by atoms with Gasteiger partial charge in [-0.15, -0.1) is 5.10 Å².